The molecule has 22 heavy (non-hydrogen) atoms. The van der Waals surface area contributed by atoms with E-state index in [2.05, 4.69) is 15.6 Å². The van der Waals surface area contributed by atoms with Crippen molar-refractivity contribution in [3.8, 4) is 0 Å². The van der Waals surface area contributed by atoms with E-state index in [9.17, 15) is 8.78 Å². The first-order valence-electron chi connectivity index (χ1n) is 6.77. The Labute approximate surface area is 130 Å². The summed E-state index contributed by atoms with van der Waals surface area (Å²) in [5.74, 6) is -0.494. The van der Waals surface area contributed by atoms with Crippen molar-refractivity contribution in [2.45, 2.75) is 25.0 Å². The first-order chi connectivity index (χ1) is 10.5. The molecule has 3 N–H and O–H groups in total. The number of nitrogens with zero attached hydrogens (tertiary/aromatic N) is 3. The molecule has 0 saturated heterocycles. The van der Waals surface area contributed by atoms with Crippen molar-refractivity contribution in [2.75, 3.05) is 5.43 Å². The molecule has 1 aromatic heterocycles. The quantitative estimate of drug-likeness (QED) is 0.909. The van der Waals surface area contributed by atoms with Gasteiger partial charge in [-0.15, -0.1) is 10.2 Å². The third kappa shape index (κ3) is 2.59. The van der Waals surface area contributed by atoms with E-state index in [1.807, 2.05) is 13.8 Å². The molecular weight excluding hydrogens is 308 g/mol. The van der Waals surface area contributed by atoms with Gasteiger partial charge in [0.05, 0.1) is 11.7 Å². The van der Waals surface area contributed by atoms with Gasteiger partial charge in [0.1, 0.15) is 11.6 Å². The first-order valence-corrected chi connectivity index (χ1v) is 7.65. The zero-order chi connectivity index (χ0) is 15.9. The lowest BCUT2D eigenvalue weighted by atomic mass is 10.1. The highest BCUT2D eigenvalue weighted by molar-refractivity contribution is 8.02. The highest BCUT2D eigenvalue weighted by Crippen LogP contribution is 2.31. The minimum Gasteiger partial charge on any atom is -0.321 e. The Bertz CT molecular complexity index is 741. The Kier molecular flexibility index (Phi) is 3.88. The number of halogens is 2. The van der Waals surface area contributed by atoms with Gasteiger partial charge in [-0.1, -0.05) is 25.6 Å². The van der Waals surface area contributed by atoms with E-state index in [4.69, 9.17) is 5.73 Å². The lowest BCUT2D eigenvalue weighted by Crippen LogP contribution is -2.27. The molecule has 1 aliphatic rings. The predicted octanol–water partition coefficient (Wildman–Crippen LogP) is 2.86. The molecule has 8 heteroatoms. The van der Waals surface area contributed by atoms with Crippen LogP contribution in [-0.2, 0) is 0 Å². The number of benzene rings is 1. The van der Waals surface area contributed by atoms with Crippen LogP contribution in [0.5, 0.6) is 0 Å². The van der Waals surface area contributed by atoms with E-state index in [0.717, 1.165) is 6.07 Å². The van der Waals surface area contributed by atoms with Crippen molar-refractivity contribution in [1.29, 1.82) is 0 Å². The Balaban J connectivity index is 1.94. The molecule has 0 amide bonds. The minimum atomic E-state index is -0.634. The second-order valence-electron chi connectivity index (χ2n) is 5.33. The zero-order valence-corrected chi connectivity index (χ0v) is 12.9. The fraction of sp³-hybridized carbons (Fsp3) is 0.286. The largest absolute Gasteiger partial charge is 0.321 e. The van der Waals surface area contributed by atoms with E-state index in [-0.39, 0.29) is 17.5 Å². The van der Waals surface area contributed by atoms with Crippen molar-refractivity contribution in [3.05, 3.63) is 46.6 Å². The molecule has 1 aliphatic heterocycles. The third-order valence-corrected chi connectivity index (χ3v) is 4.24. The van der Waals surface area contributed by atoms with E-state index in [0.29, 0.717) is 16.7 Å². The molecule has 0 radical (unpaired) electrons. The molecule has 116 valence electrons. The van der Waals surface area contributed by atoms with Crippen molar-refractivity contribution < 1.29 is 8.78 Å². The minimum absolute atomic E-state index is 0.178. The maximum absolute atomic E-state index is 13.9. The summed E-state index contributed by atoms with van der Waals surface area (Å²) in [6, 6.07) is 3.16. The predicted molar refractivity (Wildman–Crippen MR) is 81.3 cm³/mol. The molecule has 0 unspecified atom stereocenters. The molecule has 3 rings (SSSR count). The Morgan fingerprint density at radius 2 is 2.05 bits per heavy atom. The number of nitrogens with one attached hydrogen (secondary N) is 1. The summed E-state index contributed by atoms with van der Waals surface area (Å²) in [7, 11) is 0. The molecule has 0 saturated carbocycles. The summed E-state index contributed by atoms with van der Waals surface area (Å²) in [6.07, 6.45) is 0. The van der Waals surface area contributed by atoms with Crippen LogP contribution in [0.2, 0.25) is 0 Å². The van der Waals surface area contributed by atoms with Gasteiger partial charge in [0.2, 0.25) is 5.16 Å². The summed E-state index contributed by atoms with van der Waals surface area (Å²) >= 11 is 1.30. The number of nitrogens with two attached hydrogens (primary N) is 1. The average Bonchev–Trinajstić information content (AvgIpc) is 2.89. The normalized spacial score (nSPS) is 15.3. The van der Waals surface area contributed by atoms with Gasteiger partial charge >= 0.3 is 0 Å². The molecular formula is C14H15F2N5S. The molecule has 2 aromatic rings. The van der Waals surface area contributed by atoms with Crippen LogP contribution in [0.4, 0.5) is 8.78 Å². The standard InChI is InChI=1S/C14H15F2N5S/c1-7(2)12(17)13-18-19-14-21(13)20-11(6-22-14)9-4-3-8(15)5-10(9)16/h3-7,12,20H,17H2,1-2H3/t12-/m0/s1. The highest BCUT2D eigenvalue weighted by atomic mass is 32.2. The van der Waals surface area contributed by atoms with Crippen LogP contribution in [0, 0.1) is 17.6 Å². The van der Waals surface area contributed by atoms with Gasteiger partial charge in [-0.2, -0.15) is 0 Å². The summed E-state index contributed by atoms with van der Waals surface area (Å²) in [6.45, 7) is 3.97. The van der Waals surface area contributed by atoms with Crippen LogP contribution < -0.4 is 11.2 Å². The van der Waals surface area contributed by atoms with E-state index >= 15 is 0 Å². The highest BCUT2D eigenvalue weighted by Gasteiger charge is 2.24. The SMILES string of the molecule is CC(C)[C@H](N)c1nnc2n1NC(c1ccc(F)cc1F)=CS2. The number of aromatic nitrogens is 3. The van der Waals surface area contributed by atoms with Gasteiger partial charge in [0.25, 0.3) is 0 Å². The maximum Gasteiger partial charge on any atom is 0.214 e. The number of rotatable bonds is 3. The van der Waals surface area contributed by atoms with Gasteiger partial charge in [-0.05, 0) is 18.1 Å². The van der Waals surface area contributed by atoms with E-state index in [1.165, 1.54) is 23.9 Å². The fourth-order valence-corrected chi connectivity index (χ4v) is 2.80. The van der Waals surface area contributed by atoms with Gasteiger partial charge in [-0.25, -0.2) is 13.5 Å². The Morgan fingerprint density at radius 3 is 2.73 bits per heavy atom. The molecule has 0 fully saturated rings. The van der Waals surface area contributed by atoms with Crippen LogP contribution >= 0.6 is 11.8 Å². The summed E-state index contributed by atoms with van der Waals surface area (Å²) < 4.78 is 28.6. The number of thioether (sulfide) groups is 1. The smallest absolute Gasteiger partial charge is 0.214 e. The van der Waals surface area contributed by atoms with Gasteiger partial charge in [0.15, 0.2) is 5.82 Å². The molecule has 0 aliphatic carbocycles. The van der Waals surface area contributed by atoms with E-state index < -0.39 is 11.6 Å². The lowest BCUT2D eigenvalue weighted by molar-refractivity contribution is 0.476. The molecule has 2 heterocycles. The second-order valence-corrected chi connectivity index (χ2v) is 6.17. The number of hydrogen-bond donors (Lipinski definition) is 2. The zero-order valence-electron chi connectivity index (χ0n) is 12.0. The van der Waals surface area contributed by atoms with Crippen LogP contribution in [0.15, 0.2) is 28.8 Å². The van der Waals surface area contributed by atoms with Crippen LogP contribution in [-0.4, -0.2) is 14.9 Å². The number of hydrogen-bond acceptors (Lipinski definition) is 5. The van der Waals surface area contributed by atoms with Gasteiger partial charge < -0.3 is 5.73 Å². The molecule has 0 spiro atoms. The van der Waals surface area contributed by atoms with Crippen molar-refractivity contribution in [3.63, 3.8) is 0 Å². The fourth-order valence-electron chi connectivity index (χ4n) is 2.07. The molecule has 1 aromatic carbocycles. The van der Waals surface area contributed by atoms with Crippen molar-refractivity contribution in [1.82, 2.24) is 14.9 Å². The average molecular weight is 323 g/mol. The summed E-state index contributed by atoms with van der Waals surface area (Å²) in [4.78, 5) is 0. The number of fused-ring (bicyclic) bond motifs is 1. The second kappa shape index (κ2) is 5.69. The lowest BCUT2D eigenvalue weighted by Gasteiger charge is -2.22. The molecule has 1 atom stereocenters. The molecule has 0 bridgehead atoms. The van der Waals surface area contributed by atoms with Gasteiger partial charge in [-0.3, -0.25) is 5.43 Å². The van der Waals surface area contributed by atoms with Crippen LogP contribution in [0.25, 0.3) is 5.70 Å². The van der Waals surface area contributed by atoms with Crippen LogP contribution in [0.1, 0.15) is 31.3 Å². The third-order valence-electron chi connectivity index (χ3n) is 3.41. The monoisotopic (exact) mass is 323 g/mol. The Morgan fingerprint density at radius 1 is 1.27 bits per heavy atom. The van der Waals surface area contributed by atoms with Gasteiger partial charge in [0, 0.05) is 17.0 Å². The maximum atomic E-state index is 13.9. The summed E-state index contributed by atoms with van der Waals surface area (Å²) in [5, 5.41) is 10.5. The van der Waals surface area contributed by atoms with E-state index in [1.54, 1.807) is 10.1 Å². The Hall–Kier alpha value is -1.93. The first kappa shape index (κ1) is 15.0. The van der Waals surface area contributed by atoms with Crippen molar-refractivity contribution in [2.24, 2.45) is 11.7 Å². The molecule has 5 nitrogen and oxygen atoms in total. The topological polar surface area (TPSA) is 68.8 Å². The van der Waals surface area contributed by atoms with Crippen molar-refractivity contribution >= 4 is 17.5 Å². The van der Waals surface area contributed by atoms with Crippen LogP contribution in [0.3, 0.4) is 0 Å². The summed E-state index contributed by atoms with van der Waals surface area (Å²) in [5.41, 5.74) is 9.95.